The first-order valence-corrected chi connectivity index (χ1v) is 8.07. The van der Waals surface area contributed by atoms with Crippen molar-refractivity contribution in [1.29, 1.82) is 0 Å². The first-order chi connectivity index (χ1) is 12.4. The molecule has 2 heterocycles. The number of nitrogens with zero attached hydrogens (tertiary/aromatic N) is 2. The van der Waals surface area contributed by atoms with E-state index in [1.807, 2.05) is 0 Å². The Kier molecular flexibility index (Phi) is 4.83. The van der Waals surface area contributed by atoms with Gasteiger partial charge in [0.25, 0.3) is 0 Å². The molecule has 1 aromatic carbocycles. The fourth-order valence-electron chi connectivity index (χ4n) is 3.00. The van der Waals surface area contributed by atoms with E-state index in [9.17, 15) is 28.3 Å². The second-order valence-corrected chi connectivity index (χ2v) is 6.10. The number of aromatic carboxylic acids is 1. The average molecular weight is 362 g/mol. The summed E-state index contributed by atoms with van der Waals surface area (Å²) >= 11 is 0. The van der Waals surface area contributed by atoms with Crippen LogP contribution in [0.15, 0.2) is 35.4 Å². The molecule has 1 aromatic heterocycles. The molecule has 2 aromatic rings. The number of benzene rings is 1. The van der Waals surface area contributed by atoms with Crippen LogP contribution in [-0.4, -0.2) is 39.5 Å². The summed E-state index contributed by atoms with van der Waals surface area (Å²) in [5.41, 5.74) is -1.94. The van der Waals surface area contributed by atoms with Crippen molar-refractivity contribution in [2.45, 2.75) is 19.4 Å². The summed E-state index contributed by atoms with van der Waals surface area (Å²) in [6.45, 7) is 1.09. The van der Waals surface area contributed by atoms with E-state index in [1.165, 1.54) is 10.8 Å². The van der Waals surface area contributed by atoms with Crippen molar-refractivity contribution in [2.24, 2.45) is 0 Å². The van der Waals surface area contributed by atoms with E-state index in [-0.39, 0.29) is 23.6 Å². The largest absolute Gasteiger partial charge is 0.477 e. The Morgan fingerprint density at radius 1 is 1.08 bits per heavy atom. The highest BCUT2D eigenvalue weighted by Crippen LogP contribution is 2.21. The molecule has 1 aliphatic heterocycles. The third-order valence-electron chi connectivity index (χ3n) is 4.31. The Bertz CT molecular complexity index is 933. The Labute approximate surface area is 147 Å². The average Bonchev–Trinajstić information content (AvgIpc) is 3.11. The molecule has 1 amide bonds. The minimum atomic E-state index is -1.48. The molecule has 1 fully saturated rings. The molecule has 1 N–H and O–H groups in total. The number of halogens is 2. The van der Waals surface area contributed by atoms with Gasteiger partial charge in [-0.3, -0.25) is 9.59 Å². The van der Waals surface area contributed by atoms with Crippen molar-refractivity contribution in [1.82, 2.24) is 9.47 Å². The molecule has 0 spiro atoms. The molecular formula is C18H16F2N2O4. The van der Waals surface area contributed by atoms with Crippen LogP contribution in [0, 0.1) is 11.6 Å². The van der Waals surface area contributed by atoms with Gasteiger partial charge in [-0.2, -0.15) is 0 Å². The van der Waals surface area contributed by atoms with Crippen LogP contribution in [0.2, 0.25) is 0 Å². The highest BCUT2D eigenvalue weighted by atomic mass is 19.1. The van der Waals surface area contributed by atoms with Crippen LogP contribution in [0.1, 0.15) is 23.2 Å². The monoisotopic (exact) mass is 362 g/mol. The number of hydrogen-bond acceptors (Lipinski definition) is 3. The molecule has 8 heteroatoms. The molecule has 0 unspecified atom stereocenters. The number of carboxylic acid groups (broad SMARTS) is 1. The van der Waals surface area contributed by atoms with Gasteiger partial charge in [-0.1, -0.05) is 0 Å². The molecule has 1 saturated heterocycles. The van der Waals surface area contributed by atoms with Gasteiger partial charge in [0.15, 0.2) is 0 Å². The zero-order valence-corrected chi connectivity index (χ0v) is 13.7. The number of pyridine rings is 1. The minimum Gasteiger partial charge on any atom is -0.477 e. The maximum atomic E-state index is 14.1. The molecule has 3 rings (SSSR count). The minimum absolute atomic E-state index is 0.170. The van der Waals surface area contributed by atoms with Crippen LogP contribution in [0.25, 0.3) is 11.1 Å². The van der Waals surface area contributed by atoms with E-state index < -0.39 is 28.6 Å². The summed E-state index contributed by atoms with van der Waals surface area (Å²) in [4.78, 5) is 37.7. The van der Waals surface area contributed by atoms with Gasteiger partial charge in [-0.05, 0) is 25.0 Å². The molecule has 0 atom stereocenters. The van der Waals surface area contributed by atoms with Crippen LogP contribution in [-0.2, 0) is 11.3 Å². The number of amides is 1. The van der Waals surface area contributed by atoms with E-state index in [2.05, 4.69) is 0 Å². The maximum absolute atomic E-state index is 14.1. The summed E-state index contributed by atoms with van der Waals surface area (Å²) in [7, 11) is 0. The van der Waals surface area contributed by atoms with Gasteiger partial charge in [0, 0.05) is 42.7 Å². The van der Waals surface area contributed by atoms with Crippen LogP contribution in [0.4, 0.5) is 8.78 Å². The highest BCUT2D eigenvalue weighted by Gasteiger charge is 2.21. The first kappa shape index (κ1) is 17.8. The topological polar surface area (TPSA) is 79.6 Å². The van der Waals surface area contributed by atoms with E-state index in [0.29, 0.717) is 19.2 Å². The number of likely N-dealkylation sites (tertiary alicyclic amines) is 1. The molecule has 136 valence electrons. The predicted molar refractivity (Wildman–Crippen MR) is 88.8 cm³/mol. The lowest BCUT2D eigenvalue weighted by Crippen LogP contribution is -2.32. The van der Waals surface area contributed by atoms with Crippen molar-refractivity contribution < 1.29 is 23.5 Å². The van der Waals surface area contributed by atoms with Crippen LogP contribution in [0.5, 0.6) is 0 Å². The number of carbonyl (C=O) groups is 2. The Morgan fingerprint density at radius 2 is 1.77 bits per heavy atom. The van der Waals surface area contributed by atoms with Crippen molar-refractivity contribution in [3.05, 3.63) is 58.0 Å². The summed E-state index contributed by atoms with van der Waals surface area (Å²) in [5, 5.41) is 9.26. The third-order valence-corrected chi connectivity index (χ3v) is 4.31. The normalized spacial score (nSPS) is 13.8. The fraction of sp³-hybridized carbons (Fsp3) is 0.278. The molecule has 6 nitrogen and oxygen atoms in total. The van der Waals surface area contributed by atoms with Gasteiger partial charge < -0.3 is 14.6 Å². The molecule has 0 saturated carbocycles. The summed E-state index contributed by atoms with van der Waals surface area (Å²) in [5.74, 6) is -3.50. The van der Waals surface area contributed by atoms with Gasteiger partial charge in [-0.25, -0.2) is 13.6 Å². The molecule has 26 heavy (non-hydrogen) atoms. The van der Waals surface area contributed by atoms with Gasteiger partial charge in [0.1, 0.15) is 23.7 Å². The summed E-state index contributed by atoms with van der Waals surface area (Å²) < 4.78 is 28.5. The number of rotatable bonds is 4. The van der Waals surface area contributed by atoms with Crippen LogP contribution >= 0.6 is 0 Å². The maximum Gasteiger partial charge on any atom is 0.341 e. The SMILES string of the molecule is O=C(O)c1cn(CC(=O)N2CCCC2)cc(-c2ccc(F)cc2F)c1=O. The fourth-order valence-corrected chi connectivity index (χ4v) is 3.00. The second-order valence-electron chi connectivity index (χ2n) is 6.10. The molecule has 0 radical (unpaired) electrons. The lowest BCUT2D eigenvalue weighted by atomic mass is 10.0. The molecule has 1 aliphatic rings. The van der Waals surface area contributed by atoms with Crippen LogP contribution in [0.3, 0.4) is 0 Å². The molecule has 0 bridgehead atoms. The zero-order chi connectivity index (χ0) is 18.8. The molecular weight excluding hydrogens is 346 g/mol. The zero-order valence-electron chi connectivity index (χ0n) is 13.7. The molecule has 0 aliphatic carbocycles. The van der Waals surface area contributed by atoms with E-state index >= 15 is 0 Å². The summed E-state index contributed by atoms with van der Waals surface area (Å²) in [6.07, 6.45) is 4.09. The third kappa shape index (κ3) is 3.49. The number of aromatic nitrogens is 1. The first-order valence-electron chi connectivity index (χ1n) is 8.07. The quantitative estimate of drug-likeness (QED) is 0.904. The Morgan fingerprint density at radius 3 is 2.38 bits per heavy atom. The van der Waals surface area contributed by atoms with Gasteiger partial charge in [0.05, 0.1) is 0 Å². The van der Waals surface area contributed by atoms with Gasteiger partial charge in [-0.15, -0.1) is 0 Å². The second kappa shape index (κ2) is 7.07. The summed E-state index contributed by atoms with van der Waals surface area (Å²) in [6, 6.07) is 2.66. The van der Waals surface area contributed by atoms with Crippen molar-refractivity contribution >= 4 is 11.9 Å². The van der Waals surface area contributed by atoms with E-state index in [0.717, 1.165) is 31.2 Å². The van der Waals surface area contributed by atoms with E-state index in [1.54, 1.807) is 4.90 Å². The van der Waals surface area contributed by atoms with E-state index in [4.69, 9.17) is 0 Å². The van der Waals surface area contributed by atoms with Crippen molar-refractivity contribution in [3.8, 4) is 11.1 Å². The number of hydrogen-bond donors (Lipinski definition) is 1. The number of carbonyl (C=O) groups excluding carboxylic acids is 1. The Balaban J connectivity index is 2.06. The smallest absolute Gasteiger partial charge is 0.341 e. The lowest BCUT2D eigenvalue weighted by molar-refractivity contribution is -0.130. The lowest BCUT2D eigenvalue weighted by Gasteiger charge is -2.17. The van der Waals surface area contributed by atoms with Gasteiger partial charge >= 0.3 is 5.97 Å². The van der Waals surface area contributed by atoms with Crippen LogP contribution < -0.4 is 5.43 Å². The number of carboxylic acids is 1. The highest BCUT2D eigenvalue weighted by molar-refractivity contribution is 5.89. The van der Waals surface area contributed by atoms with Gasteiger partial charge in [0.2, 0.25) is 11.3 Å². The Hall–Kier alpha value is -3.03. The predicted octanol–water partition coefficient (Wildman–Crippen LogP) is 2.11. The standard InChI is InChI=1S/C18H16F2N2O4/c19-11-3-4-12(15(20)7-11)13-8-21(9-14(17(13)24)18(25)26)10-16(23)22-5-1-2-6-22/h3-4,7-9H,1-2,5-6,10H2,(H,25,26). The van der Waals surface area contributed by atoms with Crippen molar-refractivity contribution in [3.63, 3.8) is 0 Å². The van der Waals surface area contributed by atoms with Crippen molar-refractivity contribution in [2.75, 3.05) is 13.1 Å².